The third-order valence-corrected chi connectivity index (χ3v) is 2.01. The van der Waals surface area contributed by atoms with E-state index in [1.54, 1.807) is 12.1 Å². The van der Waals surface area contributed by atoms with Gasteiger partial charge in [0.05, 0.1) is 11.1 Å². The van der Waals surface area contributed by atoms with E-state index in [9.17, 15) is 20.0 Å². The summed E-state index contributed by atoms with van der Waals surface area (Å²) in [5.41, 5.74) is 0.180. The average Bonchev–Trinajstić information content (AvgIpc) is 2.52. The fourth-order valence-electron chi connectivity index (χ4n) is 1.37. The average molecular weight is 206 g/mol. The second kappa shape index (κ2) is 3.05. The third-order valence-electron chi connectivity index (χ3n) is 2.01. The van der Waals surface area contributed by atoms with Crippen LogP contribution in [0.5, 0.6) is 0 Å². The van der Waals surface area contributed by atoms with Crippen molar-refractivity contribution < 1.29 is 14.6 Å². The first-order valence-corrected chi connectivity index (χ1v) is 3.95. The topological polar surface area (TPSA) is 98.9 Å². The summed E-state index contributed by atoms with van der Waals surface area (Å²) in [6.45, 7) is 0. The second-order valence-corrected chi connectivity index (χ2v) is 2.80. The molecule has 15 heavy (non-hydrogen) atoms. The van der Waals surface area contributed by atoms with Crippen LogP contribution in [0.25, 0.3) is 0 Å². The molecule has 1 aliphatic rings. The lowest BCUT2D eigenvalue weighted by Crippen LogP contribution is -2.35. The van der Waals surface area contributed by atoms with Crippen LogP contribution in [-0.2, 0) is 0 Å². The number of carbonyl (C=O) groups excluding carboxylic acids is 2. The highest BCUT2D eigenvalue weighted by Crippen LogP contribution is 2.22. The lowest BCUT2D eigenvalue weighted by Gasteiger charge is -2.08. The number of hydrogen-bond donors (Lipinski definition) is 0. The Balaban J connectivity index is 2.55. The number of benzene rings is 1. The first-order valence-electron chi connectivity index (χ1n) is 3.95. The van der Waals surface area contributed by atoms with Crippen LogP contribution in [-0.4, -0.2) is 21.8 Å². The molecule has 0 bridgehead atoms. The van der Waals surface area contributed by atoms with E-state index in [1.165, 1.54) is 12.1 Å². The number of hydrogen-bond acceptors (Lipinski definition) is 5. The highest BCUT2D eigenvalue weighted by Gasteiger charge is 2.42. The molecule has 1 aliphatic heterocycles. The molecule has 1 aromatic carbocycles. The Hall–Kier alpha value is -2.44. The number of nitrogens with zero attached hydrogens (tertiary/aromatic N) is 3. The second-order valence-electron chi connectivity index (χ2n) is 2.80. The van der Waals surface area contributed by atoms with Gasteiger partial charge >= 0.3 is 11.8 Å². The van der Waals surface area contributed by atoms with Gasteiger partial charge in [0.2, 0.25) is 0 Å². The standard InChI is InChI=1S/C8H5N3O4/c12-7-5-3-1-2-4-6(5)8(13)10(7)11(15)9-14/h1-4,14H/p-1/b11-9-. The van der Waals surface area contributed by atoms with Crippen LogP contribution in [0, 0.1) is 10.4 Å². The number of hydrazine groups is 1. The van der Waals surface area contributed by atoms with E-state index in [0.29, 0.717) is 0 Å². The summed E-state index contributed by atoms with van der Waals surface area (Å²) in [4.78, 5) is 22.4. The minimum absolute atomic E-state index is 0.0898. The molecule has 0 aliphatic carbocycles. The Morgan fingerprint density at radius 2 is 1.60 bits per heavy atom. The smallest absolute Gasteiger partial charge is 0.322 e. The molecule has 2 amide bonds. The molecular weight excluding hydrogens is 202 g/mol. The highest BCUT2D eigenvalue weighted by atomic mass is 16.6. The first-order chi connectivity index (χ1) is 7.16. The predicted molar refractivity (Wildman–Crippen MR) is 46.4 cm³/mol. The van der Waals surface area contributed by atoms with Gasteiger partial charge in [0.15, 0.2) is 0 Å². The molecular formula is C8H4N3O4-. The summed E-state index contributed by atoms with van der Waals surface area (Å²) in [6, 6.07) is 5.90. The zero-order chi connectivity index (χ0) is 11.0. The van der Waals surface area contributed by atoms with Crippen molar-refractivity contribution in [2.45, 2.75) is 0 Å². The van der Waals surface area contributed by atoms with Gasteiger partial charge in [-0.3, -0.25) is 9.59 Å². The van der Waals surface area contributed by atoms with Crippen LogP contribution in [0.2, 0.25) is 0 Å². The van der Waals surface area contributed by atoms with Gasteiger partial charge in [-0.1, -0.05) is 12.1 Å². The van der Waals surface area contributed by atoms with E-state index in [0.717, 1.165) is 0 Å². The zero-order valence-electron chi connectivity index (χ0n) is 7.28. The van der Waals surface area contributed by atoms with E-state index < -0.39 is 16.8 Å². The van der Waals surface area contributed by atoms with Crippen LogP contribution < -0.4 is 0 Å². The SMILES string of the molecule is O=C1c2ccccc2C(=O)N1/[N+]([O-])=N/[O-]. The Bertz CT molecular complexity index is 448. The van der Waals surface area contributed by atoms with Gasteiger partial charge in [-0.15, -0.1) is 0 Å². The fraction of sp³-hybridized carbons (Fsp3) is 0. The maximum absolute atomic E-state index is 11.5. The Kier molecular flexibility index (Phi) is 1.86. The molecule has 0 radical (unpaired) electrons. The molecule has 0 N–H and O–H groups in total. The summed E-state index contributed by atoms with van der Waals surface area (Å²) < 4.78 is 0. The van der Waals surface area contributed by atoms with Crippen LogP contribution in [0.1, 0.15) is 20.7 Å². The van der Waals surface area contributed by atoms with Gasteiger partial charge in [-0.05, 0) is 22.4 Å². The van der Waals surface area contributed by atoms with Gasteiger partial charge in [-0.25, -0.2) is 0 Å². The molecule has 0 atom stereocenters. The molecule has 0 saturated heterocycles. The number of imide groups is 1. The van der Waals surface area contributed by atoms with Crippen molar-refractivity contribution in [2.75, 3.05) is 0 Å². The summed E-state index contributed by atoms with van der Waals surface area (Å²) in [7, 11) is 0. The van der Waals surface area contributed by atoms with Crippen LogP contribution in [0.4, 0.5) is 0 Å². The molecule has 0 spiro atoms. The van der Waals surface area contributed by atoms with Crippen molar-refractivity contribution in [3.05, 3.63) is 45.8 Å². The van der Waals surface area contributed by atoms with Crippen LogP contribution in [0.15, 0.2) is 29.5 Å². The van der Waals surface area contributed by atoms with E-state index in [4.69, 9.17) is 0 Å². The molecule has 0 fully saturated rings. The fourth-order valence-corrected chi connectivity index (χ4v) is 1.37. The summed E-state index contributed by atoms with van der Waals surface area (Å²) in [5, 5.41) is 22.9. The van der Waals surface area contributed by atoms with E-state index in [1.807, 2.05) is 5.28 Å². The Morgan fingerprint density at radius 1 is 1.13 bits per heavy atom. The lowest BCUT2D eigenvalue weighted by atomic mass is 10.1. The quantitative estimate of drug-likeness (QED) is 0.291. The highest BCUT2D eigenvalue weighted by molar-refractivity contribution is 6.20. The molecule has 7 heteroatoms. The van der Waals surface area contributed by atoms with Crippen LogP contribution in [0.3, 0.4) is 0 Å². The molecule has 7 nitrogen and oxygen atoms in total. The van der Waals surface area contributed by atoms with Crippen molar-refractivity contribution in [3.63, 3.8) is 0 Å². The normalized spacial score (nSPS) is 15.7. The van der Waals surface area contributed by atoms with Crippen molar-refractivity contribution in [2.24, 2.45) is 5.28 Å². The maximum atomic E-state index is 11.5. The lowest BCUT2D eigenvalue weighted by molar-refractivity contribution is -0.647. The van der Waals surface area contributed by atoms with Gasteiger partial charge in [0.25, 0.3) is 0 Å². The van der Waals surface area contributed by atoms with Gasteiger partial charge in [0.1, 0.15) is 0 Å². The third kappa shape index (κ3) is 1.13. The van der Waals surface area contributed by atoms with Crippen molar-refractivity contribution in [1.29, 1.82) is 0 Å². The van der Waals surface area contributed by atoms with Gasteiger partial charge in [-0.2, -0.15) is 0 Å². The monoisotopic (exact) mass is 206 g/mol. The molecule has 1 heterocycles. The minimum atomic E-state index is -0.842. The summed E-state index contributed by atoms with van der Waals surface area (Å²) in [6.07, 6.45) is 0. The van der Waals surface area contributed by atoms with E-state index in [2.05, 4.69) is 0 Å². The molecule has 2 rings (SSSR count). The Morgan fingerprint density at radius 3 is 2.00 bits per heavy atom. The molecule has 0 unspecified atom stereocenters. The molecule has 0 saturated carbocycles. The Labute approximate surface area is 83.4 Å². The van der Waals surface area contributed by atoms with Gasteiger partial charge < -0.3 is 10.4 Å². The van der Waals surface area contributed by atoms with Crippen LogP contribution >= 0.6 is 0 Å². The van der Waals surface area contributed by atoms with E-state index in [-0.39, 0.29) is 16.1 Å². The summed E-state index contributed by atoms with van der Waals surface area (Å²) in [5.74, 6) is -1.68. The predicted octanol–water partition coefficient (Wildman–Crippen LogP) is 0.658. The largest absolute Gasteiger partial charge is 0.737 e. The van der Waals surface area contributed by atoms with Crippen molar-refractivity contribution >= 4 is 11.8 Å². The van der Waals surface area contributed by atoms with Crippen molar-refractivity contribution in [3.8, 4) is 0 Å². The van der Waals surface area contributed by atoms with Gasteiger partial charge in [0, 0.05) is 4.97 Å². The van der Waals surface area contributed by atoms with E-state index >= 15 is 0 Å². The zero-order valence-corrected chi connectivity index (χ0v) is 7.28. The van der Waals surface area contributed by atoms with Crippen molar-refractivity contribution in [1.82, 2.24) is 5.01 Å². The molecule has 1 aromatic rings. The minimum Gasteiger partial charge on any atom is -0.737 e. The summed E-state index contributed by atoms with van der Waals surface area (Å²) >= 11 is 0. The molecule has 76 valence electrons. The number of fused-ring (bicyclic) bond motifs is 1. The maximum Gasteiger partial charge on any atom is 0.322 e. The number of rotatable bonds is 1. The first kappa shape index (κ1) is 9.13. The molecule has 0 aromatic heterocycles. The number of carbonyl (C=O) groups is 2. The number of amides is 2.